The van der Waals surface area contributed by atoms with Gasteiger partial charge in [-0.05, 0) is 74.5 Å². The first-order valence-corrected chi connectivity index (χ1v) is 18.4. The normalized spacial score (nSPS) is 20.4. The molecule has 1 heterocycles. The fourth-order valence-electron chi connectivity index (χ4n) is 6.77. The molecule has 4 rings (SSSR count). The molecule has 1 aliphatic heterocycles. The topological polar surface area (TPSA) is 111 Å². The number of rotatable bonds is 14. The molecule has 0 radical (unpaired) electrons. The molecule has 3 N–H and O–H groups in total. The maximum absolute atomic E-state index is 13.2. The standard InChI is InChI=1S/C29H40N4O4.C12H19N/c1-6-11-25(33(4)5)28(36)32-27(23-12-9-8-10-13-23)29(37)30-19-22-16-14-21(15-17-22)18-24(20(3)34)31-26(35)7-2;1-11-7-8-13(9-11)10-12-5-3-2-4-6-12/h1,11,14-17,23-24,27H,7-10,12-13,18-19H2,2-5H3,(H,30,37)(H,31,35)(H,32,36);2-5,11-12H,6-10H2,1H3/b25-11-;/t;11-,12?/m.1/s1. The predicted octanol–water partition coefficient (Wildman–Crippen LogP) is 4.93. The molecule has 4 atom stereocenters. The van der Waals surface area contributed by atoms with Crippen LogP contribution in [-0.4, -0.2) is 79.1 Å². The largest absolute Gasteiger partial charge is 0.373 e. The van der Waals surface area contributed by atoms with Crippen LogP contribution in [0.25, 0.3) is 0 Å². The van der Waals surface area contributed by atoms with Crippen LogP contribution in [0.4, 0.5) is 0 Å². The van der Waals surface area contributed by atoms with Crippen molar-refractivity contribution in [3.63, 3.8) is 0 Å². The van der Waals surface area contributed by atoms with E-state index in [2.05, 4.69) is 58.0 Å². The van der Waals surface area contributed by atoms with E-state index in [1.165, 1.54) is 45.5 Å². The minimum Gasteiger partial charge on any atom is -0.373 e. The molecule has 9 heteroatoms. The van der Waals surface area contributed by atoms with E-state index in [1.54, 1.807) is 25.9 Å². The summed E-state index contributed by atoms with van der Waals surface area (Å²) in [5.74, 6) is 3.31. The minimum absolute atomic E-state index is 0.0659. The lowest BCUT2D eigenvalue weighted by Crippen LogP contribution is -2.52. The summed E-state index contributed by atoms with van der Waals surface area (Å²) in [6.07, 6.45) is 24.1. The number of carbonyl (C=O) groups is 4. The monoisotopic (exact) mass is 685 g/mol. The van der Waals surface area contributed by atoms with Gasteiger partial charge in [0.1, 0.15) is 11.7 Å². The Hall–Kier alpha value is -4.16. The quantitative estimate of drug-likeness (QED) is 0.189. The molecule has 3 aliphatic rings. The van der Waals surface area contributed by atoms with Gasteiger partial charge in [0.2, 0.25) is 11.8 Å². The van der Waals surface area contributed by atoms with E-state index in [4.69, 9.17) is 6.42 Å². The number of benzene rings is 1. The van der Waals surface area contributed by atoms with E-state index in [0.29, 0.717) is 25.1 Å². The summed E-state index contributed by atoms with van der Waals surface area (Å²) in [6.45, 7) is 9.78. The fraction of sp³-hybridized carbons (Fsp3) is 0.561. The first-order chi connectivity index (χ1) is 24.0. The van der Waals surface area contributed by atoms with Crippen molar-refractivity contribution in [1.82, 2.24) is 25.8 Å². The molecule has 1 aromatic carbocycles. The number of allylic oxidation sites excluding steroid dienone is 4. The zero-order chi connectivity index (χ0) is 36.5. The van der Waals surface area contributed by atoms with Gasteiger partial charge in [-0.25, -0.2) is 0 Å². The molecule has 1 aromatic rings. The van der Waals surface area contributed by atoms with Crippen LogP contribution in [0.2, 0.25) is 0 Å². The SMILES string of the molecule is C#C/C=C(/C(=O)NC(C(=O)NCc1ccc(CC(NC(=O)CC)C(C)=O)cc1)C1CCCCC1)N(C)C.C[C@@H]1CCN(CC2C=CC=CC2)C1. The zero-order valence-electron chi connectivity index (χ0n) is 30.9. The summed E-state index contributed by atoms with van der Waals surface area (Å²) < 4.78 is 0. The maximum Gasteiger partial charge on any atom is 0.268 e. The highest BCUT2D eigenvalue weighted by atomic mass is 16.2. The zero-order valence-corrected chi connectivity index (χ0v) is 30.9. The molecule has 1 saturated heterocycles. The van der Waals surface area contributed by atoms with Crippen molar-refractivity contribution in [2.45, 2.75) is 97.2 Å². The highest BCUT2D eigenvalue weighted by Crippen LogP contribution is 2.27. The number of hydrogen-bond acceptors (Lipinski definition) is 6. The summed E-state index contributed by atoms with van der Waals surface area (Å²) in [5.41, 5.74) is 2.13. The van der Waals surface area contributed by atoms with Crippen LogP contribution in [0.15, 0.2) is 60.3 Å². The second-order valence-corrected chi connectivity index (χ2v) is 14.2. The smallest absolute Gasteiger partial charge is 0.268 e. The number of carbonyl (C=O) groups excluding carboxylic acids is 4. The summed E-state index contributed by atoms with van der Waals surface area (Å²) in [4.78, 5) is 54.0. The Morgan fingerprint density at radius 2 is 1.72 bits per heavy atom. The van der Waals surface area contributed by atoms with Gasteiger partial charge in [0.15, 0.2) is 5.78 Å². The van der Waals surface area contributed by atoms with Gasteiger partial charge in [-0.15, -0.1) is 6.42 Å². The van der Waals surface area contributed by atoms with Gasteiger partial charge in [0.25, 0.3) is 5.91 Å². The first-order valence-electron chi connectivity index (χ1n) is 18.4. The van der Waals surface area contributed by atoms with Crippen molar-refractivity contribution in [3.05, 3.63) is 71.5 Å². The summed E-state index contributed by atoms with van der Waals surface area (Å²) in [5, 5.41) is 8.66. The fourth-order valence-corrected chi connectivity index (χ4v) is 6.77. The summed E-state index contributed by atoms with van der Waals surface area (Å²) >= 11 is 0. The second-order valence-electron chi connectivity index (χ2n) is 14.2. The van der Waals surface area contributed by atoms with Crippen molar-refractivity contribution >= 4 is 23.5 Å². The number of ketones is 1. The second kappa shape index (κ2) is 21.1. The Labute approximate surface area is 300 Å². The van der Waals surface area contributed by atoms with E-state index in [0.717, 1.165) is 55.1 Å². The predicted molar refractivity (Wildman–Crippen MR) is 201 cm³/mol. The van der Waals surface area contributed by atoms with Crippen molar-refractivity contribution in [2.75, 3.05) is 33.7 Å². The van der Waals surface area contributed by atoms with E-state index < -0.39 is 12.1 Å². The van der Waals surface area contributed by atoms with Gasteiger partial charge >= 0.3 is 0 Å². The summed E-state index contributed by atoms with van der Waals surface area (Å²) in [6, 6.07) is 6.36. The summed E-state index contributed by atoms with van der Waals surface area (Å²) in [7, 11) is 3.47. The molecule has 2 fully saturated rings. The third kappa shape index (κ3) is 13.6. The molecular formula is C41H59N5O4. The highest BCUT2D eigenvalue weighted by molar-refractivity contribution is 5.97. The number of likely N-dealkylation sites (N-methyl/N-ethyl adjacent to an activating group) is 1. The lowest BCUT2D eigenvalue weighted by Gasteiger charge is -2.31. The molecule has 0 aromatic heterocycles. The van der Waals surface area contributed by atoms with E-state index in [-0.39, 0.29) is 29.4 Å². The number of likely N-dealkylation sites (tertiary alicyclic amines) is 1. The number of nitrogens with one attached hydrogen (secondary N) is 3. The van der Waals surface area contributed by atoms with E-state index >= 15 is 0 Å². The molecule has 50 heavy (non-hydrogen) atoms. The Kier molecular flexibility index (Phi) is 17.0. The molecule has 3 unspecified atom stereocenters. The maximum atomic E-state index is 13.2. The average molecular weight is 686 g/mol. The van der Waals surface area contributed by atoms with E-state index in [1.807, 2.05) is 24.3 Å². The van der Waals surface area contributed by atoms with Crippen LogP contribution in [0, 0.1) is 30.1 Å². The van der Waals surface area contributed by atoms with Gasteiger partial charge in [-0.1, -0.05) is 87.6 Å². The molecule has 3 amide bonds. The molecular weight excluding hydrogens is 626 g/mol. The van der Waals surface area contributed by atoms with Gasteiger partial charge < -0.3 is 25.8 Å². The Balaban J connectivity index is 0.000000429. The van der Waals surface area contributed by atoms with Crippen molar-refractivity contribution in [1.29, 1.82) is 0 Å². The molecule has 272 valence electrons. The third-order valence-corrected chi connectivity index (χ3v) is 9.77. The van der Waals surface area contributed by atoms with Crippen LogP contribution in [0.1, 0.15) is 83.3 Å². The van der Waals surface area contributed by atoms with Crippen molar-refractivity contribution in [3.8, 4) is 12.3 Å². The lowest BCUT2D eigenvalue weighted by molar-refractivity contribution is -0.129. The van der Waals surface area contributed by atoms with Crippen LogP contribution in [-0.2, 0) is 32.1 Å². The molecule has 2 aliphatic carbocycles. The minimum atomic E-state index is -0.647. The third-order valence-electron chi connectivity index (χ3n) is 9.77. The van der Waals surface area contributed by atoms with Crippen molar-refractivity contribution in [2.24, 2.45) is 17.8 Å². The number of hydrogen-bond donors (Lipinski definition) is 3. The molecule has 0 spiro atoms. The average Bonchev–Trinajstić information content (AvgIpc) is 3.53. The van der Waals surface area contributed by atoms with Crippen molar-refractivity contribution < 1.29 is 19.2 Å². The van der Waals surface area contributed by atoms with E-state index in [9.17, 15) is 19.2 Å². The van der Waals surface area contributed by atoms with Crippen LogP contribution < -0.4 is 16.0 Å². The number of terminal acetylenes is 1. The van der Waals surface area contributed by atoms with Gasteiger partial charge in [-0.2, -0.15) is 0 Å². The van der Waals surface area contributed by atoms with Crippen LogP contribution in [0.5, 0.6) is 0 Å². The lowest BCUT2D eigenvalue weighted by atomic mass is 9.83. The van der Waals surface area contributed by atoms with Gasteiger partial charge in [0.05, 0.1) is 6.04 Å². The Morgan fingerprint density at radius 3 is 2.28 bits per heavy atom. The van der Waals surface area contributed by atoms with Gasteiger partial charge in [-0.3, -0.25) is 19.2 Å². The number of nitrogens with zero attached hydrogens (tertiary/aromatic N) is 2. The number of Topliss-reactive ketones (excluding diaryl/α,β-unsaturated/α-hetero) is 1. The van der Waals surface area contributed by atoms with Crippen LogP contribution >= 0.6 is 0 Å². The first kappa shape index (κ1) is 40.3. The molecule has 1 saturated carbocycles. The van der Waals surface area contributed by atoms with Gasteiger partial charge in [0, 0.05) is 46.2 Å². The Bertz CT molecular complexity index is 1400. The highest BCUT2D eigenvalue weighted by Gasteiger charge is 2.32. The molecule has 0 bridgehead atoms. The van der Waals surface area contributed by atoms with Crippen LogP contribution in [0.3, 0.4) is 0 Å². The Morgan fingerprint density at radius 1 is 1.02 bits per heavy atom. The molecule has 9 nitrogen and oxygen atoms in total. The number of amides is 3.